The van der Waals surface area contributed by atoms with Crippen molar-refractivity contribution < 1.29 is 4.74 Å². The summed E-state index contributed by atoms with van der Waals surface area (Å²) in [5, 5.41) is 7.14. The normalized spacial score (nSPS) is 11.9. The van der Waals surface area contributed by atoms with Crippen molar-refractivity contribution >= 4 is 23.0 Å². The van der Waals surface area contributed by atoms with Gasteiger partial charge in [0, 0.05) is 5.69 Å². The van der Waals surface area contributed by atoms with Crippen molar-refractivity contribution in [1.82, 2.24) is 5.32 Å². The van der Waals surface area contributed by atoms with Crippen LogP contribution in [0.1, 0.15) is 37.9 Å². The minimum absolute atomic E-state index is 0.153. The molecular weight excluding hydrogens is 304 g/mol. The van der Waals surface area contributed by atoms with Gasteiger partial charge < -0.3 is 15.4 Å². The maximum Gasteiger partial charge on any atom is 0.171 e. The summed E-state index contributed by atoms with van der Waals surface area (Å²) in [6, 6.07) is 16.3. The molecule has 0 aromatic heterocycles. The molecule has 3 nitrogen and oxygen atoms in total. The van der Waals surface area contributed by atoms with Crippen LogP contribution in [0, 0.1) is 6.92 Å². The summed E-state index contributed by atoms with van der Waals surface area (Å²) in [6.45, 7) is 8.24. The lowest BCUT2D eigenvalue weighted by Gasteiger charge is -2.19. The molecule has 0 spiro atoms. The smallest absolute Gasteiger partial charge is 0.171 e. The molecule has 23 heavy (non-hydrogen) atoms. The molecule has 0 bridgehead atoms. The molecule has 0 saturated heterocycles. The van der Waals surface area contributed by atoms with E-state index in [0.29, 0.717) is 5.11 Å². The highest BCUT2D eigenvalue weighted by Crippen LogP contribution is 2.19. The summed E-state index contributed by atoms with van der Waals surface area (Å²) in [6.07, 6.45) is 0.173. The van der Waals surface area contributed by atoms with Gasteiger partial charge in [0.1, 0.15) is 5.75 Å². The van der Waals surface area contributed by atoms with E-state index in [2.05, 4.69) is 36.6 Å². The predicted octanol–water partition coefficient (Wildman–Crippen LogP) is 4.83. The van der Waals surface area contributed by atoms with Crippen LogP contribution in [-0.2, 0) is 0 Å². The van der Waals surface area contributed by atoms with E-state index in [1.54, 1.807) is 0 Å². The molecule has 2 N–H and O–H groups in total. The molecular formula is C19H24N2OS. The van der Waals surface area contributed by atoms with Gasteiger partial charge in [-0.2, -0.15) is 0 Å². The molecule has 2 aromatic rings. The van der Waals surface area contributed by atoms with E-state index in [-0.39, 0.29) is 12.1 Å². The van der Waals surface area contributed by atoms with E-state index in [1.807, 2.05) is 50.2 Å². The Labute approximate surface area is 144 Å². The predicted molar refractivity (Wildman–Crippen MR) is 101 cm³/mol. The maximum absolute atomic E-state index is 5.63. The van der Waals surface area contributed by atoms with E-state index in [9.17, 15) is 0 Å². The van der Waals surface area contributed by atoms with Gasteiger partial charge in [-0.3, -0.25) is 0 Å². The Morgan fingerprint density at radius 3 is 2.26 bits per heavy atom. The van der Waals surface area contributed by atoms with Gasteiger partial charge in [0.25, 0.3) is 0 Å². The third-order valence-corrected chi connectivity index (χ3v) is 3.71. The molecule has 1 atom stereocenters. The van der Waals surface area contributed by atoms with Crippen LogP contribution in [0.2, 0.25) is 0 Å². The van der Waals surface area contributed by atoms with Crippen molar-refractivity contribution in [2.75, 3.05) is 5.32 Å². The number of hydrogen-bond donors (Lipinski definition) is 2. The number of nitrogens with one attached hydrogen (secondary N) is 2. The van der Waals surface area contributed by atoms with Crippen LogP contribution in [0.4, 0.5) is 5.69 Å². The van der Waals surface area contributed by atoms with Crippen LogP contribution in [0.25, 0.3) is 0 Å². The fourth-order valence-electron chi connectivity index (χ4n) is 2.40. The quantitative estimate of drug-likeness (QED) is 0.770. The number of hydrogen-bond acceptors (Lipinski definition) is 2. The average molecular weight is 328 g/mol. The second kappa shape index (κ2) is 7.97. The SMILES string of the molecule is Cc1ccccc1[C@H](C)NC(=S)Nc1ccc(OC(C)C)cc1. The molecule has 0 aliphatic heterocycles. The minimum atomic E-state index is 0.153. The average Bonchev–Trinajstić information content (AvgIpc) is 2.49. The summed E-state index contributed by atoms with van der Waals surface area (Å²) in [4.78, 5) is 0. The molecule has 0 fully saturated rings. The Kier molecular flexibility index (Phi) is 5.99. The highest BCUT2D eigenvalue weighted by Gasteiger charge is 2.09. The first kappa shape index (κ1) is 17.3. The van der Waals surface area contributed by atoms with Crippen molar-refractivity contribution in [2.45, 2.75) is 39.8 Å². The Morgan fingerprint density at radius 1 is 1.00 bits per heavy atom. The Hall–Kier alpha value is -2.07. The zero-order valence-electron chi connectivity index (χ0n) is 14.1. The molecule has 0 radical (unpaired) electrons. The Morgan fingerprint density at radius 2 is 1.65 bits per heavy atom. The van der Waals surface area contributed by atoms with Crippen LogP contribution in [0.15, 0.2) is 48.5 Å². The Bertz CT molecular complexity index is 653. The summed E-state index contributed by atoms with van der Waals surface area (Å²) >= 11 is 5.40. The molecule has 4 heteroatoms. The fraction of sp³-hybridized carbons (Fsp3) is 0.316. The molecule has 0 saturated carbocycles. The van der Waals surface area contributed by atoms with Gasteiger partial charge in [-0.05, 0) is 75.3 Å². The van der Waals surface area contributed by atoms with E-state index in [4.69, 9.17) is 17.0 Å². The Balaban J connectivity index is 1.93. The van der Waals surface area contributed by atoms with E-state index < -0.39 is 0 Å². The molecule has 0 amide bonds. The highest BCUT2D eigenvalue weighted by atomic mass is 32.1. The van der Waals surface area contributed by atoms with Gasteiger partial charge >= 0.3 is 0 Å². The molecule has 0 unspecified atom stereocenters. The van der Waals surface area contributed by atoms with E-state index >= 15 is 0 Å². The maximum atomic E-state index is 5.63. The summed E-state index contributed by atoms with van der Waals surface area (Å²) < 4.78 is 5.63. The number of rotatable bonds is 5. The number of thiocarbonyl (C=S) groups is 1. The third kappa shape index (κ3) is 5.25. The van der Waals surface area contributed by atoms with E-state index in [1.165, 1.54) is 11.1 Å². The van der Waals surface area contributed by atoms with Crippen molar-refractivity contribution in [3.05, 3.63) is 59.7 Å². The zero-order chi connectivity index (χ0) is 16.8. The molecule has 2 aromatic carbocycles. The lowest BCUT2D eigenvalue weighted by molar-refractivity contribution is 0.242. The second-order valence-electron chi connectivity index (χ2n) is 5.87. The summed E-state index contributed by atoms with van der Waals surface area (Å²) in [5.74, 6) is 0.859. The number of aryl methyl sites for hydroxylation is 1. The first-order chi connectivity index (χ1) is 11.0. The first-order valence-corrected chi connectivity index (χ1v) is 8.26. The van der Waals surface area contributed by atoms with E-state index in [0.717, 1.165) is 11.4 Å². The second-order valence-corrected chi connectivity index (χ2v) is 6.28. The largest absolute Gasteiger partial charge is 0.491 e. The summed E-state index contributed by atoms with van der Waals surface area (Å²) in [7, 11) is 0. The third-order valence-electron chi connectivity index (χ3n) is 3.49. The molecule has 0 heterocycles. The van der Waals surface area contributed by atoms with Crippen molar-refractivity contribution in [3.63, 3.8) is 0 Å². The minimum Gasteiger partial charge on any atom is -0.491 e. The van der Waals surface area contributed by atoms with Crippen molar-refractivity contribution in [2.24, 2.45) is 0 Å². The number of ether oxygens (including phenoxy) is 1. The number of anilines is 1. The number of benzene rings is 2. The van der Waals surface area contributed by atoms with Crippen molar-refractivity contribution in [3.8, 4) is 5.75 Å². The molecule has 0 aliphatic carbocycles. The fourth-order valence-corrected chi connectivity index (χ4v) is 2.70. The first-order valence-electron chi connectivity index (χ1n) is 7.85. The molecule has 0 aliphatic rings. The summed E-state index contributed by atoms with van der Waals surface area (Å²) in [5.41, 5.74) is 3.44. The van der Waals surface area contributed by atoms with Gasteiger partial charge in [0.15, 0.2) is 5.11 Å². The van der Waals surface area contributed by atoms with Crippen LogP contribution < -0.4 is 15.4 Å². The molecule has 122 valence electrons. The van der Waals surface area contributed by atoms with Gasteiger partial charge in [-0.15, -0.1) is 0 Å². The van der Waals surface area contributed by atoms with Crippen LogP contribution in [0.3, 0.4) is 0 Å². The lowest BCUT2D eigenvalue weighted by Crippen LogP contribution is -2.31. The lowest BCUT2D eigenvalue weighted by atomic mass is 10.0. The standard InChI is InChI=1S/C19H24N2OS/c1-13(2)22-17-11-9-16(10-12-17)21-19(23)20-15(4)18-8-6-5-7-14(18)3/h5-13,15H,1-4H3,(H2,20,21,23)/t15-/m0/s1. The van der Waals surface area contributed by atoms with Gasteiger partial charge in [0.05, 0.1) is 12.1 Å². The van der Waals surface area contributed by atoms with Crippen LogP contribution >= 0.6 is 12.2 Å². The van der Waals surface area contributed by atoms with Crippen molar-refractivity contribution in [1.29, 1.82) is 0 Å². The highest BCUT2D eigenvalue weighted by molar-refractivity contribution is 7.80. The van der Waals surface area contributed by atoms with Gasteiger partial charge in [-0.1, -0.05) is 24.3 Å². The van der Waals surface area contributed by atoms with Gasteiger partial charge in [0.2, 0.25) is 0 Å². The topological polar surface area (TPSA) is 33.3 Å². The molecule has 2 rings (SSSR count). The van der Waals surface area contributed by atoms with Gasteiger partial charge in [-0.25, -0.2) is 0 Å². The zero-order valence-corrected chi connectivity index (χ0v) is 14.9. The van der Waals surface area contributed by atoms with Crippen LogP contribution in [-0.4, -0.2) is 11.2 Å². The van der Waals surface area contributed by atoms with Crippen LogP contribution in [0.5, 0.6) is 5.75 Å². The monoisotopic (exact) mass is 328 g/mol.